The van der Waals surface area contributed by atoms with Gasteiger partial charge in [-0.1, -0.05) is 43.7 Å². The minimum atomic E-state index is -0.238. The molecule has 0 radical (unpaired) electrons. The van der Waals surface area contributed by atoms with Gasteiger partial charge >= 0.3 is 0 Å². The van der Waals surface area contributed by atoms with Crippen molar-refractivity contribution in [2.75, 3.05) is 0 Å². The lowest BCUT2D eigenvalue weighted by Gasteiger charge is -2.28. The quantitative estimate of drug-likeness (QED) is 0.815. The number of aromatic nitrogens is 2. The van der Waals surface area contributed by atoms with Crippen LogP contribution < -0.4 is 0 Å². The van der Waals surface area contributed by atoms with Crippen LogP contribution in [0.2, 0.25) is 5.15 Å². The SMILES string of the molecule is Cc1nn(C)c(Cl)c1CC1(C#N)CCCCCCC1. The molecule has 104 valence electrons. The Labute approximate surface area is 120 Å². The molecule has 0 atom stereocenters. The van der Waals surface area contributed by atoms with E-state index in [4.69, 9.17) is 11.6 Å². The predicted octanol–water partition coefficient (Wildman–Crippen LogP) is 4.18. The second-order valence-corrected chi connectivity index (χ2v) is 6.17. The zero-order chi connectivity index (χ0) is 13.9. The second kappa shape index (κ2) is 5.96. The number of nitriles is 1. The van der Waals surface area contributed by atoms with Gasteiger partial charge in [0.2, 0.25) is 0 Å². The van der Waals surface area contributed by atoms with Crippen molar-refractivity contribution in [1.82, 2.24) is 9.78 Å². The highest BCUT2D eigenvalue weighted by atomic mass is 35.5. The molecule has 4 heteroatoms. The van der Waals surface area contributed by atoms with Gasteiger partial charge in [0.1, 0.15) is 5.15 Å². The van der Waals surface area contributed by atoms with Crippen molar-refractivity contribution in [3.63, 3.8) is 0 Å². The van der Waals surface area contributed by atoms with E-state index >= 15 is 0 Å². The summed E-state index contributed by atoms with van der Waals surface area (Å²) in [5.41, 5.74) is 1.79. The van der Waals surface area contributed by atoms with Crippen molar-refractivity contribution >= 4 is 11.6 Å². The summed E-state index contributed by atoms with van der Waals surface area (Å²) in [4.78, 5) is 0. The molecule has 0 bridgehead atoms. The lowest BCUT2D eigenvalue weighted by atomic mass is 9.73. The molecular weight excluding hydrogens is 258 g/mol. The molecule has 1 aromatic rings. The first-order chi connectivity index (χ1) is 9.08. The largest absolute Gasteiger partial charge is 0.257 e. The van der Waals surface area contributed by atoms with Gasteiger partial charge in [-0.3, -0.25) is 4.68 Å². The third-order valence-electron chi connectivity index (χ3n) is 4.33. The Bertz CT molecular complexity index is 476. The number of hydrogen-bond acceptors (Lipinski definition) is 2. The van der Waals surface area contributed by atoms with Crippen LogP contribution in [0.3, 0.4) is 0 Å². The first-order valence-electron chi connectivity index (χ1n) is 7.17. The van der Waals surface area contributed by atoms with E-state index in [1.165, 1.54) is 19.3 Å². The lowest BCUT2D eigenvalue weighted by Crippen LogP contribution is -2.23. The molecule has 2 rings (SSSR count). The summed E-state index contributed by atoms with van der Waals surface area (Å²) >= 11 is 6.32. The highest BCUT2D eigenvalue weighted by molar-refractivity contribution is 6.30. The number of aryl methyl sites for hydroxylation is 2. The maximum Gasteiger partial charge on any atom is 0.130 e. The highest BCUT2D eigenvalue weighted by Crippen LogP contribution is 2.38. The average Bonchev–Trinajstić information content (AvgIpc) is 2.59. The van der Waals surface area contributed by atoms with Crippen LogP contribution in [-0.2, 0) is 13.5 Å². The van der Waals surface area contributed by atoms with E-state index < -0.39 is 0 Å². The predicted molar refractivity (Wildman–Crippen MR) is 77.0 cm³/mol. The second-order valence-electron chi connectivity index (χ2n) is 5.82. The number of halogens is 1. The summed E-state index contributed by atoms with van der Waals surface area (Å²) in [5.74, 6) is 0. The van der Waals surface area contributed by atoms with Crippen molar-refractivity contribution < 1.29 is 0 Å². The molecule has 1 heterocycles. The van der Waals surface area contributed by atoms with E-state index in [0.717, 1.165) is 43.4 Å². The molecule has 0 spiro atoms. The molecule has 0 unspecified atom stereocenters. The Balaban J connectivity index is 2.24. The lowest BCUT2D eigenvalue weighted by molar-refractivity contribution is 0.287. The van der Waals surface area contributed by atoms with Gasteiger partial charge in [0.15, 0.2) is 0 Å². The molecular formula is C15H22ClN3. The van der Waals surface area contributed by atoms with Crippen LogP contribution in [0.1, 0.15) is 56.2 Å². The minimum Gasteiger partial charge on any atom is -0.257 e. The first kappa shape index (κ1) is 14.4. The number of hydrogen-bond donors (Lipinski definition) is 0. The van der Waals surface area contributed by atoms with Gasteiger partial charge in [-0.15, -0.1) is 0 Å². The summed E-state index contributed by atoms with van der Waals surface area (Å²) in [6, 6.07) is 2.60. The molecule has 1 aromatic heterocycles. The van der Waals surface area contributed by atoms with Gasteiger partial charge in [-0.2, -0.15) is 10.4 Å². The van der Waals surface area contributed by atoms with Crippen LogP contribution in [0.5, 0.6) is 0 Å². The van der Waals surface area contributed by atoms with Crippen molar-refractivity contribution in [2.24, 2.45) is 12.5 Å². The smallest absolute Gasteiger partial charge is 0.130 e. The standard InChI is InChI=1S/C15H22ClN3/c1-12-13(14(16)19(2)18-12)10-15(11-17)8-6-4-3-5-7-9-15/h3-10H2,1-2H3. The monoisotopic (exact) mass is 279 g/mol. The van der Waals surface area contributed by atoms with E-state index in [0.29, 0.717) is 5.15 Å². The van der Waals surface area contributed by atoms with Gasteiger partial charge in [0, 0.05) is 12.6 Å². The van der Waals surface area contributed by atoms with Crippen molar-refractivity contribution in [1.29, 1.82) is 5.26 Å². The Morgan fingerprint density at radius 2 is 1.84 bits per heavy atom. The summed E-state index contributed by atoms with van der Waals surface area (Å²) in [5, 5.41) is 14.7. The average molecular weight is 280 g/mol. The molecule has 0 aromatic carbocycles. The molecule has 0 N–H and O–H groups in total. The molecule has 0 saturated heterocycles. The zero-order valence-corrected chi connectivity index (χ0v) is 12.6. The van der Waals surface area contributed by atoms with Crippen LogP contribution in [0.15, 0.2) is 0 Å². The van der Waals surface area contributed by atoms with Crippen LogP contribution in [-0.4, -0.2) is 9.78 Å². The third-order valence-corrected chi connectivity index (χ3v) is 4.81. The van der Waals surface area contributed by atoms with Gasteiger partial charge in [-0.25, -0.2) is 0 Å². The van der Waals surface area contributed by atoms with Gasteiger partial charge in [0.25, 0.3) is 0 Å². The fourth-order valence-corrected chi connectivity index (χ4v) is 3.36. The fourth-order valence-electron chi connectivity index (χ4n) is 3.12. The highest BCUT2D eigenvalue weighted by Gasteiger charge is 2.32. The molecule has 0 aliphatic heterocycles. The van der Waals surface area contributed by atoms with E-state index in [1.807, 2.05) is 14.0 Å². The third kappa shape index (κ3) is 3.12. The van der Waals surface area contributed by atoms with E-state index in [9.17, 15) is 5.26 Å². The van der Waals surface area contributed by atoms with Crippen LogP contribution in [0.4, 0.5) is 0 Å². The Hall–Kier alpha value is -1.01. The summed E-state index contributed by atoms with van der Waals surface area (Å²) in [7, 11) is 1.86. The zero-order valence-electron chi connectivity index (χ0n) is 11.9. The van der Waals surface area contributed by atoms with Crippen molar-refractivity contribution in [3.8, 4) is 6.07 Å². The van der Waals surface area contributed by atoms with Crippen LogP contribution in [0.25, 0.3) is 0 Å². The van der Waals surface area contributed by atoms with Gasteiger partial charge in [0.05, 0.1) is 17.2 Å². The summed E-state index contributed by atoms with van der Waals surface area (Å²) < 4.78 is 1.71. The first-order valence-corrected chi connectivity index (χ1v) is 7.55. The maximum atomic E-state index is 9.69. The Morgan fingerprint density at radius 1 is 1.26 bits per heavy atom. The maximum absolute atomic E-state index is 9.69. The van der Waals surface area contributed by atoms with E-state index in [2.05, 4.69) is 11.2 Å². The minimum absolute atomic E-state index is 0.238. The van der Waals surface area contributed by atoms with Crippen LogP contribution in [0, 0.1) is 23.7 Å². The van der Waals surface area contributed by atoms with E-state index in [-0.39, 0.29) is 5.41 Å². The topological polar surface area (TPSA) is 41.6 Å². The molecule has 1 aliphatic carbocycles. The van der Waals surface area contributed by atoms with E-state index in [1.54, 1.807) is 4.68 Å². The molecule has 0 amide bonds. The molecule has 1 saturated carbocycles. The van der Waals surface area contributed by atoms with Gasteiger partial charge in [-0.05, 0) is 26.2 Å². The number of rotatable bonds is 2. The van der Waals surface area contributed by atoms with Crippen molar-refractivity contribution in [2.45, 2.75) is 58.3 Å². The Morgan fingerprint density at radius 3 is 2.32 bits per heavy atom. The van der Waals surface area contributed by atoms with Crippen LogP contribution >= 0.6 is 11.6 Å². The van der Waals surface area contributed by atoms with Gasteiger partial charge < -0.3 is 0 Å². The summed E-state index contributed by atoms with van der Waals surface area (Å²) in [6.45, 7) is 1.98. The molecule has 1 aliphatic rings. The molecule has 1 fully saturated rings. The normalized spacial score (nSPS) is 19.5. The fraction of sp³-hybridized carbons (Fsp3) is 0.733. The summed E-state index contributed by atoms with van der Waals surface area (Å²) in [6.07, 6.45) is 8.87. The number of nitrogens with zero attached hydrogens (tertiary/aromatic N) is 3. The molecule has 19 heavy (non-hydrogen) atoms. The molecule has 3 nitrogen and oxygen atoms in total. The Kier molecular flexibility index (Phi) is 4.52. The van der Waals surface area contributed by atoms with Crippen molar-refractivity contribution in [3.05, 3.63) is 16.4 Å².